The van der Waals surface area contributed by atoms with E-state index in [0.29, 0.717) is 11.3 Å². The lowest BCUT2D eigenvalue weighted by molar-refractivity contribution is 0.450. The highest BCUT2D eigenvalue weighted by atomic mass is 79.9. The van der Waals surface area contributed by atoms with Gasteiger partial charge in [-0.15, -0.1) is 0 Å². The van der Waals surface area contributed by atoms with Crippen molar-refractivity contribution in [1.29, 1.82) is 0 Å². The molecule has 8 heteroatoms. The molecule has 128 valence electrons. The fourth-order valence-electron chi connectivity index (χ4n) is 2.76. The Bertz CT molecular complexity index is 1060. The predicted molar refractivity (Wildman–Crippen MR) is 94.8 cm³/mol. The average Bonchev–Trinajstić information content (AvgIpc) is 2.93. The van der Waals surface area contributed by atoms with E-state index in [4.69, 9.17) is 4.18 Å². The standard InChI is InChI=1S/C17H12BrFN2O3S/c18-12-7-5-11(6-8-12)16-13-9-10-25(22,23)24-17(13)21(20-16)15-4-2-1-3-14(15)19/h1-8H,9-10H2. The van der Waals surface area contributed by atoms with Gasteiger partial charge in [0.05, 0.1) is 11.4 Å². The minimum absolute atomic E-state index is 0.0502. The zero-order valence-electron chi connectivity index (χ0n) is 12.8. The van der Waals surface area contributed by atoms with Crippen LogP contribution in [0.2, 0.25) is 0 Å². The van der Waals surface area contributed by atoms with E-state index in [1.165, 1.54) is 16.8 Å². The molecule has 0 spiro atoms. The predicted octanol–water partition coefficient (Wildman–Crippen LogP) is 3.71. The van der Waals surface area contributed by atoms with Crippen LogP contribution in [-0.4, -0.2) is 24.0 Å². The molecule has 0 amide bonds. The van der Waals surface area contributed by atoms with Gasteiger partial charge in [-0.05, 0) is 30.7 Å². The van der Waals surface area contributed by atoms with E-state index in [1.54, 1.807) is 12.1 Å². The maximum Gasteiger partial charge on any atom is 0.311 e. The maximum absolute atomic E-state index is 14.2. The van der Waals surface area contributed by atoms with Crippen molar-refractivity contribution in [3.63, 3.8) is 0 Å². The molecule has 0 saturated heterocycles. The summed E-state index contributed by atoms with van der Waals surface area (Å²) in [6, 6.07) is 13.5. The molecular weight excluding hydrogens is 411 g/mol. The minimum atomic E-state index is -3.71. The van der Waals surface area contributed by atoms with Crippen molar-refractivity contribution in [2.45, 2.75) is 6.42 Å². The highest BCUT2D eigenvalue weighted by molar-refractivity contribution is 9.10. The van der Waals surface area contributed by atoms with E-state index >= 15 is 0 Å². The molecule has 3 aromatic rings. The van der Waals surface area contributed by atoms with Crippen LogP contribution in [0.3, 0.4) is 0 Å². The molecule has 1 aliphatic heterocycles. The summed E-state index contributed by atoms with van der Waals surface area (Å²) in [6.45, 7) is 0. The highest BCUT2D eigenvalue weighted by Gasteiger charge is 2.31. The number of fused-ring (bicyclic) bond motifs is 1. The summed E-state index contributed by atoms with van der Waals surface area (Å²) < 4.78 is 45.4. The summed E-state index contributed by atoms with van der Waals surface area (Å²) in [5.41, 5.74) is 2.18. The zero-order valence-corrected chi connectivity index (χ0v) is 15.2. The van der Waals surface area contributed by atoms with Crippen molar-refractivity contribution >= 4 is 26.0 Å². The van der Waals surface area contributed by atoms with Gasteiger partial charge in [0.1, 0.15) is 11.5 Å². The molecule has 5 nitrogen and oxygen atoms in total. The molecule has 2 aromatic carbocycles. The van der Waals surface area contributed by atoms with Crippen molar-refractivity contribution in [1.82, 2.24) is 9.78 Å². The quantitative estimate of drug-likeness (QED) is 0.590. The number of halogens is 2. The number of nitrogens with zero attached hydrogens (tertiary/aromatic N) is 2. The van der Waals surface area contributed by atoms with Crippen LogP contribution in [0.1, 0.15) is 5.56 Å². The summed E-state index contributed by atoms with van der Waals surface area (Å²) in [6.07, 6.45) is 0.261. The van der Waals surface area contributed by atoms with Crippen LogP contribution in [0, 0.1) is 5.82 Å². The Hall–Kier alpha value is -2.19. The van der Waals surface area contributed by atoms with E-state index in [2.05, 4.69) is 21.0 Å². The lowest BCUT2D eigenvalue weighted by Gasteiger charge is -2.15. The first-order valence-corrected chi connectivity index (χ1v) is 9.86. The summed E-state index contributed by atoms with van der Waals surface area (Å²) in [7, 11) is -3.71. The van der Waals surface area contributed by atoms with Gasteiger partial charge < -0.3 is 4.18 Å². The lowest BCUT2D eigenvalue weighted by Crippen LogP contribution is -2.22. The first-order valence-electron chi connectivity index (χ1n) is 7.49. The fraction of sp³-hybridized carbons (Fsp3) is 0.118. The van der Waals surface area contributed by atoms with Crippen molar-refractivity contribution in [2.24, 2.45) is 0 Å². The van der Waals surface area contributed by atoms with Crippen molar-refractivity contribution in [3.8, 4) is 22.8 Å². The summed E-state index contributed by atoms with van der Waals surface area (Å²) in [5, 5.41) is 4.46. The van der Waals surface area contributed by atoms with Gasteiger partial charge in [-0.25, -0.2) is 4.39 Å². The molecule has 0 N–H and O–H groups in total. The van der Waals surface area contributed by atoms with Gasteiger partial charge >= 0.3 is 10.1 Å². The molecule has 2 heterocycles. The molecule has 4 rings (SSSR count). The number of benzene rings is 2. The van der Waals surface area contributed by atoms with Crippen LogP contribution in [0.25, 0.3) is 16.9 Å². The van der Waals surface area contributed by atoms with Crippen LogP contribution in [0.15, 0.2) is 53.0 Å². The summed E-state index contributed by atoms with van der Waals surface area (Å²) >= 11 is 3.38. The first-order chi connectivity index (χ1) is 11.9. The minimum Gasteiger partial charge on any atom is -0.361 e. The molecule has 0 aliphatic carbocycles. The molecule has 0 unspecified atom stereocenters. The van der Waals surface area contributed by atoms with E-state index < -0.39 is 15.9 Å². The van der Waals surface area contributed by atoms with E-state index in [1.807, 2.05) is 24.3 Å². The topological polar surface area (TPSA) is 61.2 Å². The molecular formula is C17H12BrFN2O3S. The molecule has 0 fully saturated rings. The number of hydrogen-bond acceptors (Lipinski definition) is 4. The third kappa shape index (κ3) is 2.96. The zero-order chi connectivity index (χ0) is 17.6. The average molecular weight is 423 g/mol. The van der Waals surface area contributed by atoms with Gasteiger partial charge in [-0.2, -0.15) is 18.2 Å². The number of para-hydroxylation sites is 1. The lowest BCUT2D eigenvalue weighted by atomic mass is 10.1. The maximum atomic E-state index is 14.2. The Balaban J connectivity index is 1.96. The Kier molecular flexibility index (Phi) is 3.88. The molecule has 1 aromatic heterocycles. The normalized spacial score (nSPS) is 15.4. The first kappa shape index (κ1) is 16.3. The van der Waals surface area contributed by atoms with Crippen LogP contribution in [-0.2, 0) is 16.5 Å². The molecule has 1 aliphatic rings. The fourth-order valence-corrected chi connectivity index (χ4v) is 3.97. The SMILES string of the molecule is O=S1(=O)CCc2c(-c3ccc(Br)cc3)nn(-c3ccccc3F)c2O1. The smallest absolute Gasteiger partial charge is 0.311 e. The van der Waals surface area contributed by atoms with E-state index in [-0.39, 0.29) is 23.7 Å². The molecule has 0 bridgehead atoms. The highest BCUT2D eigenvalue weighted by Crippen LogP contribution is 2.37. The van der Waals surface area contributed by atoms with E-state index in [0.717, 1.165) is 10.0 Å². The van der Waals surface area contributed by atoms with Crippen LogP contribution < -0.4 is 4.18 Å². The Morgan fingerprint density at radius 1 is 1.12 bits per heavy atom. The third-order valence-corrected chi connectivity index (χ3v) is 5.59. The van der Waals surface area contributed by atoms with Crippen LogP contribution in [0.5, 0.6) is 5.88 Å². The summed E-state index contributed by atoms with van der Waals surface area (Å²) in [4.78, 5) is 0. The van der Waals surface area contributed by atoms with Crippen molar-refractivity contribution in [3.05, 3.63) is 64.4 Å². The van der Waals surface area contributed by atoms with Gasteiger partial charge in [0, 0.05) is 15.6 Å². The number of aromatic nitrogens is 2. The van der Waals surface area contributed by atoms with Crippen LogP contribution >= 0.6 is 15.9 Å². The third-order valence-electron chi connectivity index (χ3n) is 3.94. The molecule has 0 atom stereocenters. The number of hydrogen-bond donors (Lipinski definition) is 0. The molecule has 25 heavy (non-hydrogen) atoms. The Morgan fingerprint density at radius 3 is 2.56 bits per heavy atom. The van der Waals surface area contributed by atoms with Gasteiger partial charge in [0.15, 0.2) is 0 Å². The second-order valence-corrected chi connectivity index (χ2v) is 8.20. The molecule has 0 saturated carbocycles. The van der Waals surface area contributed by atoms with Gasteiger partial charge in [-0.3, -0.25) is 0 Å². The largest absolute Gasteiger partial charge is 0.361 e. The molecule has 0 radical (unpaired) electrons. The van der Waals surface area contributed by atoms with Crippen molar-refractivity contribution < 1.29 is 17.0 Å². The van der Waals surface area contributed by atoms with Gasteiger partial charge in [-0.1, -0.05) is 40.2 Å². The number of rotatable bonds is 2. The van der Waals surface area contributed by atoms with Gasteiger partial charge in [0.2, 0.25) is 5.88 Å². The van der Waals surface area contributed by atoms with Gasteiger partial charge in [0.25, 0.3) is 0 Å². The summed E-state index contributed by atoms with van der Waals surface area (Å²) in [5.74, 6) is -0.594. The Labute approximate surface area is 152 Å². The second-order valence-electron chi connectivity index (χ2n) is 5.60. The Morgan fingerprint density at radius 2 is 1.84 bits per heavy atom. The second kappa shape index (κ2) is 5.96. The van der Waals surface area contributed by atoms with E-state index in [9.17, 15) is 12.8 Å². The monoisotopic (exact) mass is 422 g/mol. The van der Waals surface area contributed by atoms with Crippen LogP contribution in [0.4, 0.5) is 4.39 Å². The van der Waals surface area contributed by atoms with Crippen molar-refractivity contribution in [2.75, 3.05) is 5.75 Å².